The molecule has 0 saturated carbocycles. The molecule has 0 radical (unpaired) electrons. The molecular weight excluding hydrogens is 260 g/mol. The van der Waals surface area contributed by atoms with Crippen LogP contribution in [0.4, 0.5) is 5.69 Å². The van der Waals surface area contributed by atoms with Gasteiger partial charge in [0.1, 0.15) is 12.4 Å². The first kappa shape index (κ1) is 15.4. The maximum absolute atomic E-state index is 5.84. The molecule has 112 valence electrons. The summed E-state index contributed by atoms with van der Waals surface area (Å²) in [6.07, 6.45) is 1.13. The van der Waals surface area contributed by atoms with Crippen LogP contribution in [0.15, 0.2) is 54.6 Å². The highest BCUT2D eigenvalue weighted by atomic mass is 16.5. The summed E-state index contributed by atoms with van der Waals surface area (Å²) in [6, 6.07) is 18.1. The number of nitrogen functional groups attached to an aromatic ring is 1. The van der Waals surface area contributed by atoms with E-state index in [4.69, 9.17) is 10.5 Å². The molecule has 3 nitrogen and oxygen atoms in total. The molecule has 0 aromatic heterocycles. The largest absolute Gasteiger partial charge is 0.492 e. The number of nitrogens with zero attached hydrogens (tertiary/aromatic N) is 1. The van der Waals surface area contributed by atoms with Crippen LogP contribution < -0.4 is 10.5 Å². The van der Waals surface area contributed by atoms with Crippen molar-refractivity contribution in [3.63, 3.8) is 0 Å². The van der Waals surface area contributed by atoms with Gasteiger partial charge in [-0.05, 0) is 42.8 Å². The van der Waals surface area contributed by atoms with E-state index in [1.807, 2.05) is 48.5 Å². The van der Waals surface area contributed by atoms with Crippen LogP contribution in [0.25, 0.3) is 0 Å². The number of para-hydroxylation sites is 1. The van der Waals surface area contributed by atoms with Gasteiger partial charge < -0.3 is 10.5 Å². The Balaban J connectivity index is 1.84. The smallest absolute Gasteiger partial charge is 0.119 e. The minimum Gasteiger partial charge on any atom is -0.492 e. The van der Waals surface area contributed by atoms with Crippen molar-refractivity contribution in [2.75, 3.05) is 25.4 Å². The fraction of sp³-hybridized carbons (Fsp3) is 0.333. The van der Waals surface area contributed by atoms with E-state index in [1.165, 1.54) is 5.56 Å². The van der Waals surface area contributed by atoms with Crippen molar-refractivity contribution in [2.24, 2.45) is 0 Å². The third-order valence-corrected chi connectivity index (χ3v) is 3.32. The molecule has 3 heteroatoms. The Hall–Kier alpha value is -2.00. The van der Waals surface area contributed by atoms with Crippen LogP contribution >= 0.6 is 0 Å². The molecule has 0 aliphatic heterocycles. The third kappa shape index (κ3) is 5.48. The lowest BCUT2D eigenvalue weighted by molar-refractivity contribution is 0.203. The van der Waals surface area contributed by atoms with E-state index >= 15 is 0 Å². The first-order valence-corrected chi connectivity index (χ1v) is 7.52. The van der Waals surface area contributed by atoms with E-state index in [1.54, 1.807) is 0 Å². The van der Waals surface area contributed by atoms with Gasteiger partial charge in [-0.15, -0.1) is 0 Å². The Morgan fingerprint density at radius 2 is 1.81 bits per heavy atom. The highest BCUT2D eigenvalue weighted by Gasteiger charge is 2.06. The predicted molar refractivity (Wildman–Crippen MR) is 88.4 cm³/mol. The number of ether oxygens (including phenoxy) is 1. The number of nitrogens with two attached hydrogens (primary N) is 1. The Morgan fingerprint density at radius 3 is 2.52 bits per heavy atom. The molecular formula is C18H24N2O. The second-order valence-electron chi connectivity index (χ2n) is 5.18. The summed E-state index contributed by atoms with van der Waals surface area (Å²) < 4.78 is 5.78. The molecule has 0 aliphatic rings. The van der Waals surface area contributed by atoms with Gasteiger partial charge in [-0.3, -0.25) is 4.90 Å². The van der Waals surface area contributed by atoms with Gasteiger partial charge in [0.25, 0.3) is 0 Å². The molecule has 0 heterocycles. The second-order valence-corrected chi connectivity index (χ2v) is 5.18. The maximum Gasteiger partial charge on any atom is 0.119 e. The zero-order valence-corrected chi connectivity index (χ0v) is 12.7. The van der Waals surface area contributed by atoms with E-state index in [0.717, 1.165) is 37.5 Å². The van der Waals surface area contributed by atoms with E-state index in [9.17, 15) is 0 Å². The highest BCUT2D eigenvalue weighted by Crippen LogP contribution is 2.11. The van der Waals surface area contributed by atoms with Gasteiger partial charge in [-0.2, -0.15) is 0 Å². The van der Waals surface area contributed by atoms with Crippen molar-refractivity contribution in [3.8, 4) is 5.75 Å². The summed E-state index contributed by atoms with van der Waals surface area (Å²) in [5.74, 6) is 0.929. The molecule has 2 aromatic carbocycles. The van der Waals surface area contributed by atoms with E-state index in [2.05, 4.69) is 17.9 Å². The Bertz CT molecular complexity index is 528. The molecule has 0 bridgehead atoms. The van der Waals surface area contributed by atoms with Crippen LogP contribution in [0.5, 0.6) is 5.75 Å². The van der Waals surface area contributed by atoms with Crippen molar-refractivity contribution >= 4 is 5.69 Å². The normalized spacial score (nSPS) is 10.8. The summed E-state index contributed by atoms with van der Waals surface area (Å²) in [6.45, 7) is 5.79. The van der Waals surface area contributed by atoms with E-state index in [-0.39, 0.29) is 0 Å². The van der Waals surface area contributed by atoms with Gasteiger partial charge in [0.2, 0.25) is 0 Å². The molecule has 0 atom stereocenters. The number of benzene rings is 2. The van der Waals surface area contributed by atoms with Crippen LogP contribution in [0.1, 0.15) is 18.9 Å². The van der Waals surface area contributed by atoms with Crippen LogP contribution in [-0.4, -0.2) is 24.6 Å². The summed E-state index contributed by atoms with van der Waals surface area (Å²) >= 11 is 0. The van der Waals surface area contributed by atoms with Crippen molar-refractivity contribution < 1.29 is 4.74 Å². The van der Waals surface area contributed by atoms with Crippen molar-refractivity contribution in [1.29, 1.82) is 0 Å². The minimum absolute atomic E-state index is 0.701. The highest BCUT2D eigenvalue weighted by molar-refractivity contribution is 5.40. The first-order valence-electron chi connectivity index (χ1n) is 7.52. The number of hydrogen-bond donors (Lipinski definition) is 1. The van der Waals surface area contributed by atoms with Crippen LogP contribution in [0.2, 0.25) is 0 Å². The van der Waals surface area contributed by atoms with Gasteiger partial charge in [-0.1, -0.05) is 37.3 Å². The lowest BCUT2D eigenvalue weighted by atomic mass is 10.2. The standard InChI is InChI=1S/C18H24N2O/c1-2-11-20(15-16-7-6-8-17(19)14-16)12-13-21-18-9-4-3-5-10-18/h3-10,14H,2,11-13,15,19H2,1H3. The molecule has 0 spiro atoms. The molecule has 2 rings (SSSR count). The number of anilines is 1. The monoisotopic (exact) mass is 284 g/mol. The van der Waals surface area contributed by atoms with Crippen LogP contribution in [-0.2, 0) is 6.54 Å². The fourth-order valence-corrected chi connectivity index (χ4v) is 2.35. The lowest BCUT2D eigenvalue weighted by Gasteiger charge is -2.22. The second kappa shape index (κ2) is 8.32. The van der Waals surface area contributed by atoms with E-state index < -0.39 is 0 Å². The first-order chi connectivity index (χ1) is 10.3. The van der Waals surface area contributed by atoms with Gasteiger partial charge in [0.15, 0.2) is 0 Å². The average Bonchev–Trinajstić information content (AvgIpc) is 2.48. The summed E-state index contributed by atoms with van der Waals surface area (Å²) in [5.41, 5.74) is 7.92. The Morgan fingerprint density at radius 1 is 1.00 bits per heavy atom. The topological polar surface area (TPSA) is 38.5 Å². The lowest BCUT2D eigenvalue weighted by Crippen LogP contribution is -2.28. The van der Waals surface area contributed by atoms with Crippen molar-refractivity contribution in [1.82, 2.24) is 4.90 Å². The van der Waals surface area contributed by atoms with Crippen molar-refractivity contribution in [3.05, 3.63) is 60.2 Å². The molecule has 21 heavy (non-hydrogen) atoms. The molecule has 0 saturated heterocycles. The average molecular weight is 284 g/mol. The van der Waals surface area contributed by atoms with Gasteiger partial charge >= 0.3 is 0 Å². The number of rotatable bonds is 8. The van der Waals surface area contributed by atoms with Gasteiger partial charge in [0.05, 0.1) is 0 Å². The quantitative estimate of drug-likeness (QED) is 0.753. The zero-order valence-electron chi connectivity index (χ0n) is 12.7. The van der Waals surface area contributed by atoms with Crippen molar-refractivity contribution in [2.45, 2.75) is 19.9 Å². The molecule has 0 aliphatic carbocycles. The summed E-state index contributed by atoms with van der Waals surface area (Å²) in [5, 5.41) is 0. The molecule has 0 fully saturated rings. The molecule has 0 amide bonds. The van der Waals surface area contributed by atoms with Crippen LogP contribution in [0.3, 0.4) is 0 Å². The van der Waals surface area contributed by atoms with Crippen LogP contribution in [0, 0.1) is 0 Å². The predicted octanol–water partition coefficient (Wildman–Crippen LogP) is 3.56. The maximum atomic E-state index is 5.84. The minimum atomic E-state index is 0.701. The number of hydrogen-bond acceptors (Lipinski definition) is 3. The van der Waals surface area contributed by atoms with Gasteiger partial charge in [0, 0.05) is 18.8 Å². The third-order valence-electron chi connectivity index (χ3n) is 3.32. The molecule has 2 N–H and O–H groups in total. The molecule has 2 aromatic rings. The fourth-order valence-electron chi connectivity index (χ4n) is 2.35. The molecule has 0 unspecified atom stereocenters. The Labute approximate surface area is 127 Å². The Kier molecular flexibility index (Phi) is 6.10. The zero-order chi connectivity index (χ0) is 14.9. The van der Waals surface area contributed by atoms with Gasteiger partial charge in [-0.25, -0.2) is 0 Å². The summed E-state index contributed by atoms with van der Waals surface area (Å²) in [4.78, 5) is 2.40. The SMILES string of the molecule is CCCN(CCOc1ccccc1)Cc1cccc(N)c1. The summed E-state index contributed by atoms with van der Waals surface area (Å²) in [7, 11) is 0. The van der Waals surface area contributed by atoms with E-state index in [0.29, 0.717) is 6.61 Å².